The highest BCUT2D eigenvalue weighted by atomic mass is 16.5. The summed E-state index contributed by atoms with van der Waals surface area (Å²) in [4.78, 5) is 12.0. The Hall–Kier alpha value is -2.70. The Balaban J connectivity index is 2.37. The number of nitrogen functional groups attached to an aromatic ring is 1. The van der Waals surface area contributed by atoms with E-state index in [0.717, 1.165) is 31.4 Å². The van der Waals surface area contributed by atoms with Gasteiger partial charge in [-0.25, -0.2) is 4.68 Å². The number of rotatable bonds is 16. The lowest BCUT2D eigenvalue weighted by molar-refractivity contribution is -0.114. The summed E-state index contributed by atoms with van der Waals surface area (Å²) in [6.45, 7) is 13.4. The predicted octanol–water partition coefficient (Wildman–Crippen LogP) is 7.41. The van der Waals surface area contributed by atoms with Gasteiger partial charge in [-0.05, 0) is 12.8 Å². The lowest BCUT2D eigenvalue weighted by Crippen LogP contribution is -2.14. The van der Waals surface area contributed by atoms with E-state index in [4.69, 9.17) is 20.3 Å². The lowest BCUT2D eigenvalue weighted by atomic mass is 9.92. The first-order chi connectivity index (χ1) is 17.2. The van der Waals surface area contributed by atoms with Crippen molar-refractivity contribution in [1.29, 1.82) is 0 Å². The Labute approximate surface area is 218 Å². The highest BCUT2D eigenvalue weighted by molar-refractivity contribution is 5.91. The maximum atomic E-state index is 12.0. The van der Waals surface area contributed by atoms with Crippen LogP contribution < -0.4 is 20.5 Å². The van der Waals surface area contributed by atoms with Crippen LogP contribution in [-0.2, 0) is 10.2 Å². The average molecular weight is 501 g/mol. The normalized spacial score (nSPS) is 11.5. The molecule has 1 aromatic heterocycles. The minimum Gasteiger partial charge on any atom is -0.491 e. The number of anilines is 2. The Morgan fingerprint density at radius 1 is 0.889 bits per heavy atom. The van der Waals surface area contributed by atoms with Crippen molar-refractivity contribution < 1.29 is 14.3 Å². The molecule has 1 heterocycles. The van der Waals surface area contributed by atoms with Crippen molar-refractivity contribution in [3.8, 4) is 17.2 Å². The second kappa shape index (κ2) is 14.8. The maximum absolute atomic E-state index is 12.0. The van der Waals surface area contributed by atoms with E-state index in [1.807, 2.05) is 18.2 Å². The second-order valence-corrected chi connectivity index (χ2v) is 10.6. The largest absolute Gasteiger partial charge is 0.491 e. The van der Waals surface area contributed by atoms with Gasteiger partial charge in [-0.1, -0.05) is 86.0 Å². The van der Waals surface area contributed by atoms with Crippen LogP contribution in [0.4, 0.5) is 11.5 Å². The summed E-state index contributed by atoms with van der Waals surface area (Å²) in [6, 6.07) is 5.64. The molecule has 0 aliphatic heterocycles. The van der Waals surface area contributed by atoms with E-state index < -0.39 is 0 Å². The number of nitrogens with two attached hydrogens (primary N) is 1. The van der Waals surface area contributed by atoms with Crippen LogP contribution in [0.25, 0.3) is 5.69 Å². The molecule has 3 N–H and O–H groups in total. The third kappa shape index (κ3) is 9.40. The quantitative estimate of drug-likeness (QED) is 0.234. The molecule has 0 spiro atoms. The monoisotopic (exact) mass is 500 g/mol. The molecule has 7 heteroatoms. The number of ether oxygens (including phenoxy) is 2. The molecule has 0 radical (unpaired) electrons. The van der Waals surface area contributed by atoms with E-state index in [1.54, 1.807) is 4.68 Å². The number of nitrogens with zero attached hydrogens (tertiary/aromatic N) is 2. The number of amides is 1. The highest BCUT2D eigenvalue weighted by Crippen LogP contribution is 2.37. The zero-order valence-electron chi connectivity index (χ0n) is 23.4. The minimum atomic E-state index is -0.158. The van der Waals surface area contributed by atoms with Crippen LogP contribution >= 0.6 is 0 Å². The van der Waals surface area contributed by atoms with E-state index in [9.17, 15) is 4.79 Å². The van der Waals surface area contributed by atoms with Crippen LogP contribution in [0.1, 0.15) is 111 Å². The fourth-order valence-electron chi connectivity index (χ4n) is 3.97. The van der Waals surface area contributed by atoms with E-state index in [2.05, 4.69) is 39.9 Å². The number of carbonyl (C=O) groups excluding carboxylic acids is 1. The molecule has 2 aromatic rings. The summed E-state index contributed by atoms with van der Waals surface area (Å²) in [5.41, 5.74) is 8.49. The van der Waals surface area contributed by atoms with Gasteiger partial charge in [0.1, 0.15) is 23.0 Å². The zero-order valence-corrected chi connectivity index (χ0v) is 23.4. The van der Waals surface area contributed by atoms with Gasteiger partial charge in [-0.3, -0.25) is 4.79 Å². The van der Waals surface area contributed by atoms with Gasteiger partial charge in [-0.15, -0.1) is 0 Å². The highest BCUT2D eigenvalue weighted by Gasteiger charge is 2.22. The zero-order chi connectivity index (χ0) is 26.6. The molecule has 7 nitrogen and oxygen atoms in total. The van der Waals surface area contributed by atoms with Crippen LogP contribution in [0.5, 0.6) is 11.5 Å². The Kier molecular flexibility index (Phi) is 12.1. The summed E-state index contributed by atoms with van der Waals surface area (Å²) < 4.78 is 14.1. The van der Waals surface area contributed by atoms with Crippen LogP contribution in [-0.4, -0.2) is 28.9 Å². The van der Waals surface area contributed by atoms with Crippen molar-refractivity contribution in [2.24, 2.45) is 0 Å². The number of benzene rings is 1. The fraction of sp³-hybridized carbons (Fsp3) is 0.655. The van der Waals surface area contributed by atoms with E-state index >= 15 is 0 Å². The van der Waals surface area contributed by atoms with Gasteiger partial charge in [0.15, 0.2) is 0 Å². The van der Waals surface area contributed by atoms with E-state index in [0.29, 0.717) is 41.9 Å². The number of hydrogen-bond acceptors (Lipinski definition) is 5. The number of nitrogens with one attached hydrogen (secondary N) is 1. The fourth-order valence-corrected chi connectivity index (χ4v) is 3.97. The van der Waals surface area contributed by atoms with Crippen LogP contribution in [0.3, 0.4) is 0 Å². The first-order valence-electron chi connectivity index (χ1n) is 13.7. The summed E-state index contributed by atoms with van der Waals surface area (Å²) in [6.07, 6.45) is 11.5. The molecule has 2 rings (SSSR count). The molecule has 0 saturated carbocycles. The van der Waals surface area contributed by atoms with Crippen molar-refractivity contribution in [1.82, 2.24) is 9.78 Å². The van der Waals surface area contributed by atoms with Crippen molar-refractivity contribution >= 4 is 17.4 Å². The van der Waals surface area contributed by atoms with Crippen molar-refractivity contribution in [3.63, 3.8) is 0 Å². The van der Waals surface area contributed by atoms with Crippen LogP contribution in [0.15, 0.2) is 18.2 Å². The SMILES string of the molecule is CCCCCCCOc1cc(-n2nc(C(C)(C)C)cc2N)c(OCCCCCCC)cc1NC(C)=O. The molecule has 0 atom stereocenters. The minimum absolute atomic E-state index is 0.145. The van der Waals surface area contributed by atoms with Gasteiger partial charge in [-0.2, -0.15) is 5.10 Å². The van der Waals surface area contributed by atoms with E-state index in [-0.39, 0.29) is 11.3 Å². The molecular formula is C29H48N4O3. The molecule has 0 fully saturated rings. The summed E-state index contributed by atoms with van der Waals surface area (Å²) in [5.74, 6) is 1.60. The van der Waals surface area contributed by atoms with Crippen LogP contribution in [0, 0.1) is 0 Å². The standard InChI is InChI=1S/C29H48N4O3/c1-7-9-11-13-15-17-35-25-20-24(33-28(30)21-27(32-33)29(4,5)6)26(19-23(25)31-22(3)34)36-18-16-14-12-10-8-2/h19-21H,7-18,30H2,1-6H3,(H,31,34). The van der Waals surface area contributed by atoms with Gasteiger partial charge >= 0.3 is 0 Å². The smallest absolute Gasteiger partial charge is 0.221 e. The van der Waals surface area contributed by atoms with Crippen molar-refractivity contribution in [3.05, 3.63) is 23.9 Å². The average Bonchev–Trinajstić information content (AvgIpc) is 3.21. The van der Waals surface area contributed by atoms with Gasteiger partial charge in [0.25, 0.3) is 0 Å². The van der Waals surface area contributed by atoms with Gasteiger partial charge in [0.05, 0.1) is 24.6 Å². The van der Waals surface area contributed by atoms with E-state index in [1.165, 1.54) is 45.4 Å². The molecule has 0 aliphatic carbocycles. The molecule has 0 saturated heterocycles. The molecule has 1 aromatic carbocycles. The molecule has 36 heavy (non-hydrogen) atoms. The number of unbranched alkanes of at least 4 members (excludes halogenated alkanes) is 8. The van der Waals surface area contributed by atoms with Gasteiger partial charge in [0.2, 0.25) is 5.91 Å². The summed E-state index contributed by atoms with van der Waals surface area (Å²) >= 11 is 0. The summed E-state index contributed by atoms with van der Waals surface area (Å²) in [7, 11) is 0. The van der Waals surface area contributed by atoms with Crippen LogP contribution in [0.2, 0.25) is 0 Å². The summed E-state index contributed by atoms with van der Waals surface area (Å²) in [5, 5.41) is 7.72. The second-order valence-electron chi connectivity index (χ2n) is 10.6. The first-order valence-corrected chi connectivity index (χ1v) is 13.7. The Bertz CT molecular complexity index is 947. The number of aromatic nitrogens is 2. The van der Waals surface area contributed by atoms with Crippen molar-refractivity contribution in [2.45, 2.75) is 111 Å². The molecule has 0 bridgehead atoms. The molecule has 1 amide bonds. The Morgan fingerprint density at radius 3 is 1.94 bits per heavy atom. The van der Waals surface area contributed by atoms with Gasteiger partial charge in [0, 0.05) is 30.5 Å². The lowest BCUT2D eigenvalue weighted by Gasteiger charge is -2.19. The number of carbonyl (C=O) groups is 1. The molecule has 0 unspecified atom stereocenters. The third-order valence-electron chi connectivity index (χ3n) is 6.12. The number of hydrogen-bond donors (Lipinski definition) is 2. The van der Waals surface area contributed by atoms with Crippen molar-refractivity contribution in [2.75, 3.05) is 24.3 Å². The predicted molar refractivity (Wildman–Crippen MR) is 149 cm³/mol. The van der Waals surface area contributed by atoms with Gasteiger partial charge < -0.3 is 20.5 Å². The topological polar surface area (TPSA) is 91.4 Å². The molecule has 202 valence electrons. The third-order valence-corrected chi connectivity index (χ3v) is 6.12. The Morgan fingerprint density at radius 2 is 1.44 bits per heavy atom. The molecule has 0 aliphatic rings. The maximum Gasteiger partial charge on any atom is 0.221 e. The molecular weight excluding hydrogens is 452 g/mol. The first kappa shape index (κ1) is 29.5.